The van der Waals surface area contributed by atoms with Gasteiger partial charge in [-0.05, 0) is 47.5 Å². The third-order valence-corrected chi connectivity index (χ3v) is 5.88. The summed E-state index contributed by atoms with van der Waals surface area (Å²) in [7, 11) is 2.96. The molecule has 3 rings (SSSR count). The number of nitriles is 1. The van der Waals surface area contributed by atoms with Crippen molar-refractivity contribution >= 4 is 40.1 Å². The van der Waals surface area contributed by atoms with E-state index < -0.39 is 17.6 Å². The van der Waals surface area contributed by atoms with Gasteiger partial charge >= 0.3 is 6.18 Å². The molecule has 0 bridgehead atoms. The summed E-state index contributed by atoms with van der Waals surface area (Å²) in [6, 6.07) is 9.85. The smallest absolute Gasteiger partial charge is 0.416 e. The van der Waals surface area contributed by atoms with E-state index in [-0.39, 0.29) is 27.7 Å². The van der Waals surface area contributed by atoms with Crippen molar-refractivity contribution < 1.29 is 27.4 Å². The van der Waals surface area contributed by atoms with Crippen LogP contribution in [-0.4, -0.2) is 25.1 Å². The van der Waals surface area contributed by atoms with E-state index in [2.05, 4.69) is 10.3 Å². The highest BCUT2D eigenvalue weighted by Gasteiger charge is 2.31. The van der Waals surface area contributed by atoms with Crippen molar-refractivity contribution in [3.63, 3.8) is 0 Å². The highest BCUT2D eigenvalue weighted by molar-refractivity contribution is 7.15. The van der Waals surface area contributed by atoms with E-state index in [1.165, 1.54) is 32.6 Å². The van der Waals surface area contributed by atoms with Crippen molar-refractivity contribution in [2.24, 2.45) is 0 Å². The largest absolute Gasteiger partial charge is 0.493 e. The number of nitrogens with zero attached hydrogens (tertiary/aromatic N) is 2. The minimum absolute atomic E-state index is 0.100. The molecule has 0 saturated heterocycles. The maximum absolute atomic E-state index is 13.0. The Morgan fingerprint density at radius 2 is 1.94 bits per heavy atom. The van der Waals surface area contributed by atoms with E-state index in [9.17, 15) is 23.2 Å². The maximum Gasteiger partial charge on any atom is 0.416 e. The van der Waals surface area contributed by atoms with Crippen LogP contribution in [0.15, 0.2) is 48.2 Å². The molecule has 6 nitrogen and oxygen atoms in total. The normalized spacial score (nSPS) is 11.6. The summed E-state index contributed by atoms with van der Waals surface area (Å²) in [6.45, 7) is 0. The van der Waals surface area contributed by atoms with Crippen LogP contribution in [0.25, 0.3) is 6.08 Å². The SMILES string of the molecule is COc1ccc(C=C(C#N)C(=O)Nc2ncc(Cc3cc(C(F)(F)F)ccc3Cl)s2)cc1OC. The molecule has 0 saturated carbocycles. The van der Waals surface area contributed by atoms with E-state index in [0.29, 0.717) is 21.9 Å². The molecule has 1 heterocycles. The van der Waals surface area contributed by atoms with E-state index in [1.54, 1.807) is 18.2 Å². The Morgan fingerprint density at radius 3 is 2.59 bits per heavy atom. The highest BCUT2D eigenvalue weighted by atomic mass is 35.5. The molecule has 1 amide bonds. The number of carbonyl (C=O) groups excluding carboxylic acids is 1. The number of amides is 1. The third-order valence-electron chi connectivity index (χ3n) is 4.60. The number of hydrogen-bond acceptors (Lipinski definition) is 6. The molecule has 1 N–H and O–H groups in total. The summed E-state index contributed by atoms with van der Waals surface area (Å²) >= 11 is 7.12. The number of rotatable bonds is 7. The first-order valence-electron chi connectivity index (χ1n) is 9.60. The molecule has 0 fully saturated rings. The lowest BCUT2D eigenvalue weighted by Crippen LogP contribution is -2.13. The van der Waals surface area contributed by atoms with Gasteiger partial charge in [0.05, 0.1) is 19.8 Å². The standard InChI is InChI=1S/C23H17ClF3N3O3S/c1-32-19-6-3-13(8-20(19)33-2)7-15(11-28)21(31)30-22-29-12-17(34-22)10-14-9-16(23(25,26)27)4-5-18(14)24/h3-9,12H,10H2,1-2H3,(H,29,30,31). The molecule has 3 aromatic rings. The van der Waals surface area contributed by atoms with E-state index >= 15 is 0 Å². The van der Waals surface area contributed by atoms with Gasteiger partial charge in [0, 0.05) is 22.5 Å². The number of alkyl halides is 3. The van der Waals surface area contributed by atoms with Crippen LogP contribution in [0, 0.1) is 11.3 Å². The van der Waals surface area contributed by atoms with Gasteiger partial charge in [0.1, 0.15) is 11.6 Å². The Bertz CT molecular complexity index is 1280. The molecule has 0 aliphatic heterocycles. The average molecular weight is 508 g/mol. The highest BCUT2D eigenvalue weighted by Crippen LogP contribution is 2.33. The number of ether oxygens (including phenoxy) is 2. The van der Waals surface area contributed by atoms with Crippen LogP contribution in [-0.2, 0) is 17.4 Å². The summed E-state index contributed by atoms with van der Waals surface area (Å²) in [5.41, 5.74) is -0.152. The summed E-state index contributed by atoms with van der Waals surface area (Å²) < 4.78 is 49.3. The fourth-order valence-corrected chi connectivity index (χ4v) is 3.96. The number of benzene rings is 2. The molecule has 1 aromatic heterocycles. The van der Waals surface area contributed by atoms with Gasteiger partial charge in [-0.1, -0.05) is 17.7 Å². The number of halogens is 4. The Labute approximate surface area is 202 Å². The number of hydrogen-bond donors (Lipinski definition) is 1. The Morgan fingerprint density at radius 1 is 1.21 bits per heavy atom. The summed E-state index contributed by atoms with van der Waals surface area (Å²) in [5.74, 6) is 0.251. The lowest BCUT2D eigenvalue weighted by molar-refractivity contribution is -0.137. The lowest BCUT2D eigenvalue weighted by Gasteiger charge is -2.09. The predicted molar refractivity (Wildman–Crippen MR) is 123 cm³/mol. The van der Waals surface area contributed by atoms with Gasteiger partial charge in [-0.15, -0.1) is 11.3 Å². The fraction of sp³-hybridized carbons (Fsp3) is 0.174. The molecule has 2 aromatic carbocycles. The summed E-state index contributed by atoms with van der Waals surface area (Å²) in [4.78, 5) is 17.2. The maximum atomic E-state index is 13.0. The molecular weight excluding hydrogens is 491 g/mol. The molecule has 176 valence electrons. The van der Waals surface area contributed by atoms with Gasteiger partial charge in [-0.25, -0.2) is 4.98 Å². The van der Waals surface area contributed by atoms with Crippen LogP contribution in [0.4, 0.5) is 18.3 Å². The molecule has 0 spiro atoms. The number of aromatic nitrogens is 1. The van der Waals surface area contributed by atoms with Gasteiger partial charge in [0.2, 0.25) is 0 Å². The van der Waals surface area contributed by atoms with Crippen LogP contribution in [0.1, 0.15) is 21.6 Å². The zero-order chi connectivity index (χ0) is 24.9. The minimum Gasteiger partial charge on any atom is -0.493 e. The van der Waals surface area contributed by atoms with Crippen LogP contribution < -0.4 is 14.8 Å². The second-order valence-electron chi connectivity index (χ2n) is 6.85. The van der Waals surface area contributed by atoms with Gasteiger partial charge in [-0.2, -0.15) is 18.4 Å². The van der Waals surface area contributed by atoms with Crippen molar-refractivity contribution in [3.8, 4) is 17.6 Å². The molecular formula is C23H17ClF3N3O3S. The monoisotopic (exact) mass is 507 g/mol. The molecule has 11 heteroatoms. The van der Waals surface area contributed by atoms with Crippen LogP contribution in [0.2, 0.25) is 5.02 Å². The summed E-state index contributed by atoms with van der Waals surface area (Å²) in [5, 5.41) is 12.3. The molecule has 0 unspecified atom stereocenters. The fourth-order valence-electron chi connectivity index (χ4n) is 2.94. The molecule has 0 atom stereocenters. The van der Waals surface area contributed by atoms with Gasteiger partial charge < -0.3 is 9.47 Å². The number of methoxy groups -OCH3 is 2. The number of carbonyl (C=O) groups is 1. The Balaban J connectivity index is 1.75. The Hall–Kier alpha value is -3.55. The van der Waals surface area contributed by atoms with Crippen LogP contribution in [0.5, 0.6) is 11.5 Å². The quantitative estimate of drug-likeness (QED) is 0.314. The molecule has 34 heavy (non-hydrogen) atoms. The van der Waals surface area contributed by atoms with Crippen LogP contribution in [0.3, 0.4) is 0 Å². The van der Waals surface area contributed by atoms with E-state index in [0.717, 1.165) is 23.5 Å². The number of thiazole rings is 1. The Kier molecular flexibility index (Phi) is 7.81. The van der Waals surface area contributed by atoms with Gasteiger partial charge in [-0.3, -0.25) is 10.1 Å². The average Bonchev–Trinajstić information content (AvgIpc) is 3.24. The first-order chi connectivity index (χ1) is 16.1. The summed E-state index contributed by atoms with van der Waals surface area (Å²) in [6.07, 6.45) is -1.57. The second kappa shape index (κ2) is 10.6. The van der Waals surface area contributed by atoms with Gasteiger partial charge in [0.25, 0.3) is 5.91 Å². The zero-order valence-corrected chi connectivity index (χ0v) is 19.4. The second-order valence-corrected chi connectivity index (χ2v) is 8.37. The minimum atomic E-state index is -4.49. The van der Waals surface area contributed by atoms with Crippen molar-refractivity contribution in [2.45, 2.75) is 12.6 Å². The van der Waals surface area contributed by atoms with Crippen molar-refractivity contribution in [2.75, 3.05) is 19.5 Å². The third kappa shape index (κ3) is 6.07. The van der Waals surface area contributed by atoms with Gasteiger partial charge in [0.15, 0.2) is 16.6 Å². The van der Waals surface area contributed by atoms with Crippen molar-refractivity contribution in [1.82, 2.24) is 4.98 Å². The van der Waals surface area contributed by atoms with Crippen molar-refractivity contribution in [1.29, 1.82) is 5.26 Å². The lowest BCUT2D eigenvalue weighted by atomic mass is 10.1. The molecule has 0 aliphatic carbocycles. The zero-order valence-electron chi connectivity index (χ0n) is 17.9. The van der Waals surface area contributed by atoms with E-state index in [4.69, 9.17) is 21.1 Å². The van der Waals surface area contributed by atoms with E-state index in [1.807, 2.05) is 6.07 Å². The number of anilines is 1. The first kappa shape index (κ1) is 25.1. The topological polar surface area (TPSA) is 84.2 Å². The molecule has 0 aliphatic rings. The predicted octanol–water partition coefficient (Wildman–Crippen LogP) is 5.97. The van der Waals surface area contributed by atoms with Crippen molar-refractivity contribution in [3.05, 3.63) is 74.8 Å². The van der Waals surface area contributed by atoms with Crippen LogP contribution >= 0.6 is 22.9 Å². The number of nitrogens with one attached hydrogen (secondary N) is 1. The molecule has 0 radical (unpaired) electrons. The first-order valence-corrected chi connectivity index (χ1v) is 10.8.